The van der Waals surface area contributed by atoms with Gasteiger partial charge in [-0.05, 0) is 17.7 Å². The molecule has 0 saturated carbocycles. The topological polar surface area (TPSA) is 103 Å². The van der Waals surface area contributed by atoms with Crippen LogP contribution < -0.4 is 0 Å². The van der Waals surface area contributed by atoms with Crippen molar-refractivity contribution < 1.29 is 25.2 Å². The Morgan fingerprint density at radius 2 is 1.76 bits per heavy atom. The van der Waals surface area contributed by atoms with E-state index in [9.17, 15) is 15.3 Å². The van der Waals surface area contributed by atoms with Gasteiger partial charge >= 0.3 is 0 Å². The summed E-state index contributed by atoms with van der Waals surface area (Å²) in [6.07, 6.45) is -1.98. The minimum Gasteiger partial charge on any atom is -0.394 e. The maximum absolute atomic E-state index is 9.87. The number of aliphatic hydroxyl groups is 4. The Balaban J connectivity index is 2.81. The fraction of sp³-hybridized carbons (Fsp3) is 0.545. The molecule has 17 heavy (non-hydrogen) atoms. The van der Waals surface area contributed by atoms with Gasteiger partial charge in [-0.3, -0.25) is 4.98 Å². The van der Waals surface area contributed by atoms with Crippen LogP contribution in [-0.4, -0.2) is 57.4 Å². The van der Waals surface area contributed by atoms with Crippen molar-refractivity contribution in [1.29, 1.82) is 0 Å². The van der Waals surface area contributed by atoms with Crippen molar-refractivity contribution in [1.82, 2.24) is 4.98 Å². The predicted octanol–water partition coefficient (Wildman–Crippen LogP) is -1.16. The highest BCUT2D eigenvalue weighted by Crippen LogP contribution is 2.23. The van der Waals surface area contributed by atoms with Gasteiger partial charge in [-0.25, -0.2) is 0 Å². The maximum atomic E-state index is 9.87. The van der Waals surface area contributed by atoms with Crippen molar-refractivity contribution in [3.8, 4) is 0 Å². The number of aromatic nitrogens is 1. The van der Waals surface area contributed by atoms with E-state index in [1.54, 1.807) is 12.1 Å². The van der Waals surface area contributed by atoms with E-state index < -0.39 is 31.0 Å². The number of hydrogen-bond acceptors (Lipinski definition) is 6. The first-order valence-corrected chi connectivity index (χ1v) is 5.19. The molecule has 4 N–H and O–H groups in total. The van der Waals surface area contributed by atoms with Crippen LogP contribution in [0.4, 0.5) is 0 Å². The molecule has 0 amide bonds. The second-order valence-corrected chi connectivity index (χ2v) is 3.67. The van der Waals surface area contributed by atoms with E-state index in [0.29, 0.717) is 5.56 Å². The molecule has 0 aromatic carbocycles. The van der Waals surface area contributed by atoms with Crippen LogP contribution >= 0.6 is 0 Å². The molecule has 0 spiro atoms. The summed E-state index contributed by atoms with van der Waals surface area (Å²) in [5.74, 6) is 0. The molecule has 1 aromatic heterocycles. The molecule has 1 aromatic rings. The highest BCUT2D eigenvalue weighted by molar-refractivity contribution is 5.15. The van der Waals surface area contributed by atoms with Crippen molar-refractivity contribution >= 4 is 0 Å². The van der Waals surface area contributed by atoms with Crippen LogP contribution in [0.5, 0.6) is 0 Å². The second-order valence-electron chi connectivity index (χ2n) is 3.67. The molecule has 0 fully saturated rings. The number of nitrogens with zero attached hydrogens (tertiary/aromatic N) is 1. The Kier molecular flexibility index (Phi) is 5.46. The zero-order valence-corrected chi connectivity index (χ0v) is 9.47. The van der Waals surface area contributed by atoms with Crippen molar-refractivity contribution in [3.05, 3.63) is 30.1 Å². The first-order valence-electron chi connectivity index (χ1n) is 5.19. The number of ether oxygens (including phenoxy) is 1. The molecule has 0 aliphatic carbocycles. The van der Waals surface area contributed by atoms with Crippen LogP contribution in [0, 0.1) is 0 Å². The highest BCUT2D eigenvalue weighted by atomic mass is 16.5. The SMILES string of the molecule is COC(c1ccncc1)C(O)C(O)C(O)CO. The normalized spacial score (nSPS) is 18.4. The summed E-state index contributed by atoms with van der Waals surface area (Å²) < 4.78 is 5.08. The molecule has 0 bridgehead atoms. The number of aliphatic hydroxyl groups excluding tert-OH is 4. The number of hydrogen-bond donors (Lipinski definition) is 4. The van der Waals surface area contributed by atoms with Gasteiger partial charge in [-0.1, -0.05) is 0 Å². The van der Waals surface area contributed by atoms with Gasteiger partial charge in [-0.2, -0.15) is 0 Å². The monoisotopic (exact) mass is 243 g/mol. The van der Waals surface area contributed by atoms with E-state index in [1.807, 2.05) is 0 Å². The molecule has 4 atom stereocenters. The lowest BCUT2D eigenvalue weighted by molar-refractivity contribution is -0.124. The molecule has 0 radical (unpaired) electrons. The van der Waals surface area contributed by atoms with Crippen molar-refractivity contribution in [2.75, 3.05) is 13.7 Å². The van der Waals surface area contributed by atoms with Gasteiger partial charge in [0.2, 0.25) is 0 Å². The zero-order valence-electron chi connectivity index (χ0n) is 9.47. The lowest BCUT2D eigenvalue weighted by Gasteiger charge is -2.28. The molecule has 0 aliphatic rings. The Morgan fingerprint density at radius 3 is 2.24 bits per heavy atom. The molecule has 6 nitrogen and oxygen atoms in total. The van der Waals surface area contributed by atoms with Gasteiger partial charge < -0.3 is 25.2 Å². The van der Waals surface area contributed by atoms with Gasteiger partial charge in [0.1, 0.15) is 24.4 Å². The average molecular weight is 243 g/mol. The van der Waals surface area contributed by atoms with E-state index in [-0.39, 0.29) is 0 Å². The van der Waals surface area contributed by atoms with Crippen LogP contribution in [0.3, 0.4) is 0 Å². The average Bonchev–Trinajstić information content (AvgIpc) is 2.38. The van der Waals surface area contributed by atoms with Crippen molar-refractivity contribution in [3.63, 3.8) is 0 Å². The molecule has 1 rings (SSSR count). The van der Waals surface area contributed by atoms with Crippen LogP contribution in [0.25, 0.3) is 0 Å². The number of pyridine rings is 1. The van der Waals surface area contributed by atoms with E-state index in [0.717, 1.165) is 0 Å². The maximum Gasteiger partial charge on any atom is 0.113 e. The Labute approximate surface area is 99.1 Å². The Morgan fingerprint density at radius 1 is 1.18 bits per heavy atom. The summed E-state index contributed by atoms with van der Waals surface area (Å²) in [4.78, 5) is 3.83. The quantitative estimate of drug-likeness (QED) is 0.503. The van der Waals surface area contributed by atoms with Crippen LogP contribution in [0.15, 0.2) is 24.5 Å². The molecule has 4 unspecified atom stereocenters. The number of methoxy groups -OCH3 is 1. The summed E-state index contributed by atoms with van der Waals surface area (Å²) in [7, 11) is 1.38. The minimum absolute atomic E-state index is 0.624. The summed E-state index contributed by atoms with van der Waals surface area (Å²) in [5.41, 5.74) is 0.624. The van der Waals surface area contributed by atoms with Crippen molar-refractivity contribution in [2.24, 2.45) is 0 Å². The summed E-state index contributed by atoms with van der Waals surface area (Å²) in [5, 5.41) is 37.4. The van der Waals surface area contributed by atoms with E-state index >= 15 is 0 Å². The van der Waals surface area contributed by atoms with Gasteiger partial charge in [0, 0.05) is 19.5 Å². The highest BCUT2D eigenvalue weighted by Gasteiger charge is 2.32. The van der Waals surface area contributed by atoms with Gasteiger partial charge in [0.25, 0.3) is 0 Å². The Bertz CT molecular complexity index is 321. The number of rotatable bonds is 6. The molecular weight excluding hydrogens is 226 g/mol. The summed E-state index contributed by atoms with van der Waals surface area (Å²) in [6.45, 7) is -0.634. The standard InChI is InChI=1S/C11H17NO5/c1-17-11(7-2-4-12-5-3-7)10(16)9(15)8(14)6-13/h2-5,8-11,13-16H,6H2,1H3. The zero-order chi connectivity index (χ0) is 12.8. The summed E-state index contributed by atoms with van der Waals surface area (Å²) in [6, 6.07) is 3.27. The van der Waals surface area contributed by atoms with Crippen LogP contribution in [0.1, 0.15) is 11.7 Å². The third-order valence-electron chi connectivity index (χ3n) is 2.53. The predicted molar refractivity (Wildman–Crippen MR) is 59.1 cm³/mol. The van der Waals surface area contributed by atoms with Gasteiger partial charge in [0.05, 0.1) is 6.61 Å². The molecule has 0 saturated heterocycles. The second kappa shape index (κ2) is 6.63. The van der Waals surface area contributed by atoms with Gasteiger partial charge in [-0.15, -0.1) is 0 Å². The van der Waals surface area contributed by atoms with Crippen LogP contribution in [0.2, 0.25) is 0 Å². The minimum atomic E-state index is -1.49. The first kappa shape index (κ1) is 14.0. The van der Waals surface area contributed by atoms with E-state index in [4.69, 9.17) is 9.84 Å². The van der Waals surface area contributed by atoms with E-state index in [1.165, 1.54) is 19.5 Å². The fourth-order valence-corrected chi connectivity index (χ4v) is 1.54. The first-order chi connectivity index (χ1) is 8.11. The van der Waals surface area contributed by atoms with E-state index in [2.05, 4.69) is 4.98 Å². The van der Waals surface area contributed by atoms with Crippen molar-refractivity contribution in [2.45, 2.75) is 24.4 Å². The lowest BCUT2D eigenvalue weighted by Crippen LogP contribution is -2.43. The summed E-state index contributed by atoms with van der Waals surface area (Å²) >= 11 is 0. The third kappa shape index (κ3) is 3.45. The molecule has 0 aliphatic heterocycles. The Hall–Kier alpha value is -1.05. The molecule has 1 heterocycles. The smallest absolute Gasteiger partial charge is 0.113 e. The lowest BCUT2D eigenvalue weighted by atomic mass is 9.98. The van der Waals surface area contributed by atoms with Gasteiger partial charge in [0.15, 0.2) is 0 Å². The molecular formula is C11H17NO5. The third-order valence-corrected chi connectivity index (χ3v) is 2.53. The molecule has 96 valence electrons. The fourth-order valence-electron chi connectivity index (χ4n) is 1.54. The molecule has 6 heteroatoms. The van der Waals surface area contributed by atoms with Crippen LogP contribution in [-0.2, 0) is 4.74 Å². The largest absolute Gasteiger partial charge is 0.394 e.